The lowest BCUT2D eigenvalue weighted by atomic mass is 10.2. The van der Waals surface area contributed by atoms with Gasteiger partial charge in [-0.1, -0.05) is 0 Å². The Hall–Kier alpha value is -1.11. The Morgan fingerprint density at radius 1 is 1.41 bits per heavy atom. The average Bonchev–Trinajstić information content (AvgIpc) is 2.58. The maximum Gasteiger partial charge on any atom is 0.124 e. The van der Waals surface area contributed by atoms with E-state index in [-0.39, 0.29) is 5.82 Å². The summed E-state index contributed by atoms with van der Waals surface area (Å²) in [6.07, 6.45) is 0. The quantitative estimate of drug-likeness (QED) is 0.838. The molecule has 0 radical (unpaired) electrons. The molecule has 0 aliphatic heterocycles. The van der Waals surface area contributed by atoms with Gasteiger partial charge in [0.25, 0.3) is 0 Å². The third-order valence-corrected chi connectivity index (χ3v) is 3.56. The van der Waals surface area contributed by atoms with Gasteiger partial charge in [0.1, 0.15) is 5.82 Å². The van der Waals surface area contributed by atoms with Gasteiger partial charge in [-0.05, 0) is 54.6 Å². The second-order valence-corrected chi connectivity index (χ2v) is 5.05. The van der Waals surface area contributed by atoms with Gasteiger partial charge in [0, 0.05) is 27.1 Å². The van der Waals surface area contributed by atoms with E-state index in [4.69, 9.17) is 0 Å². The van der Waals surface area contributed by atoms with Crippen LogP contribution in [0.2, 0.25) is 0 Å². The summed E-state index contributed by atoms with van der Waals surface area (Å²) < 4.78 is 13.8. The van der Waals surface area contributed by atoms with Crippen LogP contribution in [0.4, 0.5) is 10.1 Å². The normalized spacial score (nSPS) is 10.6. The molecule has 0 saturated carbocycles. The predicted molar refractivity (Wildman–Crippen MR) is 74.5 cm³/mol. The Morgan fingerprint density at radius 3 is 2.76 bits per heavy atom. The van der Waals surface area contributed by atoms with Crippen molar-refractivity contribution >= 4 is 28.3 Å². The first-order valence-corrected chi connectivity index (χ1v) is 6.35. The topological polar surface area (TPSA) is 40.7 Å². The van der Waals surface area contributed by atoms with Gasteiger partial charge in [0.05, 0.1) is 5.69 Å². The van der Waals surface area contributed by atoms with Gasteiger partial charge in [-0.2, -0.15) is 5.10 Å². The van der Waals surface area contributed by atoms with E-state index in [2.05, 4.69) is 38.1 Å². The highest BCUT2D eigenvalue weighted by Gasteiger charge is 2.07. The van der Waals surface area contributed by atoms with Crippen molar-refractivity contribution in [3.05, 3.63) is 44.5 Å². The van der Waals surface area contributed by atoms with Gasteiger partial charge in [-0.25, -0.2) is 4.39 Å². The predicted octanol–water partition coefficient (Wildman–Crippen LogP) is 3.38. The number of rotatable bonds is 3. The molecule has 1 heterocycles. The van der Waals surface area contributed by atoms with Crippen molar-refractivity contribution in [1.82, 2.24) is 10.2 Å². The maximum atomic E-state index is 12.9. The molecule has 0 spiro atoms. The number of H-pyrrole nitrogens is 1. The van der Waals surface area contributed by atoms with Crippen LogP contribution in [0.25, 0.3) is 0 Å². The fraction of sp³-hybridized carbons (Fsp3) is 0.250. The lowest BCUT2D eigenvalue weighted by molar-refractivity contribution is 0.627. The number of aryl methyl sites for hydroxylation is 2. The highest BCUT2D eigenvalue weighted by atomic mass is 127. The number of halogens is 2. The van der Waals surface area contributed by atoms with Crippen molar-refractivity contribution < 1.29 is 4.39 Å². The van der Waals surface area contributed by atoms with Gasteiger partial charge >= 0.3 is 0 Å². The van der Waals surface area contributed by atoms with Crippen molar-refractivity contribution in [1.29, 1.82) is 0 Å². The van der Waals surface area contributed by atoms with Crippen molar-refractivity contribution in [3.8, 4) is 0 Å². The molecule has 1 aromatic carbocycles. The van der Waals surface area contributed by atoms with Crippen LogP contribution in [0.5, 0.6) is 0 Å². The minimum Gasteiger partial charge on any atom is -0.380 e. The number of nitrogens with zero attached hydrogens (tertiary/aromatic N) is 1. The lowest BCUT2D eigenvalue weighted by Crippen LogP contribution is -2.03. The number of aromatic amines is 1. The molecule has 1 aromatic heterocycles. The molecule has 3 nitrogen and oxygen atoms in total. The molecule has 2 rings (SSSR count). The van der Waals surface area contributed by atoms with Gasteiger partial charge < -0.3 is 5.32 Å². The third kappa shape index (κ3) is 2.77. The molecule has 2 N–H and O–H groups in total. The standard InChI is InChI=1S/C12H13FIN3/c1-7-10(8(2)17-16-7)6-15-12-4-3-9(13)5-11(12)14/h3-5,15H,6H2,1-2H3,(H,16,17). The summed E-state index contributed by atoms with van der Waals surface area (Å²) in [5, 5.41) is 10.4. The zero-order valence-corrected chi connectivity index (χ0v) is 11.8. The third-order valence-electron chi connectivity index (χ3n) is 2.67. The SMILES string of the molecule is Cc1n[nH]c(C)c1CNc1ccc(F)cc1I. The van der Waals surface area contributed by atoms with E-state index in [0.717, 1.165) is 26.2 Å². The molecule has 0 fully saturated rings. The van der Waals surface area contributed by atoms with Crippen LogP contribution in [-0.2, 0) is 6.54 Å². The molecule has 0 aliphatic rings. The van der Waals surface area contributed by atoms with E-state index in [1.807, 2.05) is 13.8 Å². The summed E-state index contributed by atoms with van der Waals surface area (Å²) in [6, 6.07) is 4.72. The fourth-order valence-corrected chi connectivity index (χ4v) is 2.32. The van der Waals surface area contributed by atoms with E-state index in [1.54, 1.807) is 6.07 Å². The average molecular weight is 345 g/mol. The largest absolute Gasteiger partial charge is 0.380 e. The molecular formula is C12H13FIN3. The summed E-state index contributed by atoms with van der Waals surface area (Å²) in [5.74, 6) is -0.212. The molecule has 17 heavy (non-hydrogen) atoms. The first-order chi connectivity index (χ1) is 8.08. The lowest BCUT2D eigenvalue weighted by Gasteiger charge is -2.08. The van der Waals surface area contributed by atoms with Gasteiger partial charge in [-0.3, -0.25) is 5.10 Å². The van der Waals surface area contributed by atoms with Crippen molar-refractivity contribution in [2.45, 2.75) is 20.4 Å². The van der Waals surface area contributed by atoms with Crippen molar-refractivity contribution in [2.24, 2.45) is 0 Å². The van der Waals surface area contributed by atoms with Gasteiger partial charge in [-0.15, -0.1) is 0 Å². The Bertz CT molecular complexity index is 517. The molecule has 0 bridgehead atoms. The van der Waals surface area contributed by atoms with Crippen LogP contribution in [-0.4, -0.2) is 10.2 Å². The molecule has 0 unspecified atom stereocenters. The summed E-state index contributed by atoms with van der Waals surface area (Å²) >= 11 is 2.12. The van der Waals surface area contributed by atoms with E-state index < -0.39 is 0 Å². The van der Waals surface area contributed by atoms with Crippen LogP contribution in [0.1, 0.15) is 17.0 Å². The molecule has 5 heteroatoms. The van der Waals surface area contributed by atoms with E-state index >= 15 is 0 Å². The molecule has 0 atom stereocenters. The molecule has 0 saturated heterocycles. The van der Waals surface area contributed by atoms with Crippen LogP contribution in [0.3, 0.4) is 0 Å². The number of nitrogens with one attached hydrogen (secondary N) is 2. The smallest absolute Gasteiger partial charge is 0.124 e. The van der Waals surface area contributed by atoms with E-state index in [1.165, 1.54) is 12.1 Å². The summed E-state index contributed by atoms with van der Waals surface area (Å²) in [4.78, 5) is 0. The number of anilines is 1. The first kappa shape index (κ1) is 12.3. The summed E-state index contributed by atoms with van der Waals surface area (Å²) in [5.41, 5.74) is 4.15. The Balaban J connectivity index is 2.13. The van der Waals surface area contributed by atoms with Gasteiger partial charge in [0.15, 0.2) is 0 Å². The van der Waals surface area contributed by atoms with Crippen LogP contribution in [0.15, 0.2) is 18.2 Å². The highest BCUT2D eigenvalue weighted by Crippen LogP contribution is 2.20. The van der Waals surface area contributed by atoms with Gasteiger partial charge in [0.2, 0.25) is 0 Å². The van der Waals surface area contributed by atoms with Crippen molar-refractivity contribution in [3.63, 3.8) is 0 Å². The van der Waals surface area contributed by atoms with Crippen LogP contribution in [0, 0.1) is 23.2 Å². The van der Waals surface area contributed by atoms with Crippen molar-refractivity contribution in [2.75, 3.05) is 5.32 Å². The Labute approximate surface area is 113 Å². The molecule has 0 amide bonds. The molecule has 0 aliphatic carbocycles. The molecular weight excluding hydrogens is 332 g/mol. The maximum absolute atomic E-state index is 12.9. The molecule has 90 valence electrons. The number of hydrogen-bond acceptors (Lipinski definition) is 2. The zero-order valence-electron chi connectivity index (χ0n) is 9.64. The Morgan fingerprint density at radius 2 is 2.18 bits per heavy atom. The zero-order chi connectivity index (χ0) is 12.4. The monoisotopic (exact) mass is 345 g/mol. The highest BCUT2D eigenvalue weighted by molar-refractivity contribution is 14.1. The minimum absolute atomic E-state index is 0.212. The summed E-state index contributed by atoms with van der Waals surface area (Å²) in [6.45, 7) is 4.65. The Kier molecular flexibility index (Phi) is 3.66. The number of hydrogen-bond donors (Lipinski definition) is 2. The van der Waals surface area contributed by atoms with Crippen LogP contribution < -0.4 is 5.32 Å². The van der Waals surface area contributed by atoms with E-state index in [0.29, 0.717) is 6.54 Å². The summed E-state index contributed by atoms with van der Waals surface area (Å²) in [7, 11) is 0. The van der Waals surface area contributed by atoms with E-state index in [9.17, 15) is 4.39 Å². The fourth-order valence-electron chi connectivity index (χ4n) is 1.65. The second-order valence-electron chi connectivity index (χ2n) is 3.89. The minimum atomic E-state index is -0.212. The number of aromatic nitrogens is 2. The second kappa shape index (κ2) is 5.03. The first-order valence-electron chi connectivity index (χ1n) is 5.27. The molecule has 2 aromatic rings. The van der Waals surface area contributed by atoms with Crippen LogP contribution >= 0.6 is 22.6 Å². The number of benzene rings is 1.